The average Bonchev–Trinajstić information content (AvgIpc) is 2.83. The van der Waals surface area contributed by atoms with Gasteiger partial charge < -0.3 is 10.4 Å². The van der Waals surface area contributed by atoms with E-state index in [4.69, 9.17) is 5.11 Å². The Morgan fingerprint density at radius 1 is 1.42 bits per heavy atom. The van der Waals surface area contributed by atoms with Crippen molar-refractivity contribution in [1.82, 2.24) is 20.6 Å². The molecular formula is C10H8BrN5O3. The summed E-state index contributed by atoms with van der Waals surface area (Å²) in [6.07, 6.45) is -0.0916. The summed E-state index contributed by atoms with van der Waals surface area (Å²) in [5.74, 6) is -1.33. The molecule has 1 heterocycles. The Balaban J connectivity index is 2.14. The molecule has 0 spiro atoms. The van der Waals surface area contributed by atoms with Crippen LogP contribution in [0.5, 0.6) is 0 Å². The SMILES string of the molecule is O=C(Cc1nn[nH]n1)Nc1ccc(Br)cc1C(=O)O. The summed E-state index contributed by atoms with van der Waals surface area (Å²) in [5, 5.41) is 24.4. The van der Waals surface area contributed by atoms with Crippen molar-refractivity contribution in [1.29, 1.82) is 0 Å². The minimum Gasteiger partial charge on any atom is -0.478 e. The Bertz CT molecular complexity index is 614. The van der Waals surface area contributed by atoms with E-state index in [0.717, 1.165) is 0 Å². The highest BCUT2D eigenvalue weighted by atomic mass is 79.9. The fraction of sp³-hybridized carbons (Fsp3) is 0.100. The van der Waals surface area contributed by atoms with Crippen LogP contribution in [-0.4, -0.2) is 37.6 Å². The van der Waals surface area contributed by atoms with Crippen molar-refractivity contribution in [2.75, 3.05) is 5.32 Å². The summed E-state index contributed by atoms with van der Waals surface area (Å²) in [5.41, 5.74) is 0.208. The number of tetrazole rings is 1. The first kappa shape index (κ1) is 13.1. The van der Waals surface area contributed by atoms with E-state index < -0.39 is 11.9 Å². The van der Waals surface area contributed by atoms with E-state index >= 15 is 0 Å². The van der Waals surface area contributed by atoms with Gasteiger partial charge in [-0.05, 0) is 18.2 Å². The second-order valence-corrected chi connectivity index (χ2v) is 4.46. The first-order valence-electron chi connectivity index (χ1n) is 5.11. The molecule has 3 N–H and O–H groups in total. The average molecular weight is 326 g/mol. The predicted molar refractivity (Wildman–Crippen MR) is 67.6 cm³/mol. The van der Waals surface area contributed by atoms with Crippen LogP contribution in [0.3, 0.4) is 0 Å². The van der Waals surface area contributed by atoms with Gasteiger partial charge in [0.2, 0.25) is 5.91 Å². The number of anilines is 1. The van der Waals surface area contributed by atoms with Gasteiger partial charge in [0, 0.05) is 4.47 Å². The lowest BCUT2D eigenvalue weighted by Gasteiger charge is -2.07. The van der Waals surface area contributed by atoms with Gasteiger partial charge in [0.15, 0.2) is 5.82 Å². The number of nitrogens with one attached hydrogen (secondary N) is 2. The summed E-state index contributed by atoms with van der Waals surface area (Å²) in [4.78, 5) is 22.8. The van der Waals surface area contributed by atoms with Crippen molar-refractivity contribution in [2.24, 2.45) is 0 Å². The number of rotatable bonds is 4. The van der Waals surface area contributed by atoms with E-state index in [1.165, 1.54) is 12.1 Å². The van der Waals surface area contributed by atoms with Crippen molar-refractivity contribution in [3.8, 4) is 0 Å². The Morgan fingerprint density at radius 3 is 2.84 bits per heavy atom. The number of carbonyl (C=O) groups excluding carboxylic acids is 1. The Kier molecular flexibility index (Phi) is 3.85. The minimum absolute atomic E-state index is 0.00385. The highest BCUT2D eigenvalue weighted by Crippen LogP contribution is 2.21. The summed E-state index contributed by atoms with van der Waals surface area (Å²) in [6.45, 7) is 0. The molecular weight excluding hydrogens is 318 g/mol. The number of aromatic amines is 1. The smallest absolute Gasteiger partial charge is 0.337 e. The maximum atomic E-state index is 11.7. The maximum absolute atomic E-state index is 11.7. The number of carboxylic acid groups (broad SMARTS) is 1. The Hall–Kier alpha value is -2.29. The number of hydrogen-bond donors (Lipinski definition) is 3. The number of benzene rings is 1. The van der Waals surface area contributed by atoms with Crippen molar-refractivity contribution in [3.05, 3.63) is 34.1 Å². The van der Waals surface area contributed by atoms with Gasteiger partial charge in [-0.25, -0.2) is 4.79 Å². The highest BCUT2D eigenvalue weighted by Gasteiger charge is 2.14. The number of nitrogens with zero attached hydrogens (tertiary/aromatic N) is 3. The fourth-order valence-electron chi connectivity index (χ4n) is 1.40. The summed E-state index contributed by atoms with van der Waals surface area (Å²) < 4.78 is 0.612. The van der Waals surface area contributed by atoms with Gasteiger partial charge in [0.1, 0.15) is 0 Å². The number of H-pyrrole nitrogens is 1. The molecule has 0 saturated carbocycles. The molecule has 0 aliphatic heterocycles. The largest absolute Gasteiger partial charge is 0.478 e. The molecule has 1 aromatic heterocycles. The number of amides is 1. The van der Waals surface area contributed by atoms with Gasteiger partial charge in [-0.15, -0.1) is 10.2 Å². The van der Waals surface area contributed by atoms with Crippen LogP contribution in [-0.2, 0) is 11.2 Å². The zero-order valence-corrected chi connectivity index (χ0v) is 11.0. The van der Waals surface area contributed by atoms with Gasteiger partial charge in [0.25, 0.3) is 0 Å². The van der Waals surface area contributed by atoms with Crippen LogP contribution in [0.25, 0.3) is 0 Å². The number of halogens is 1. The van der Waals surface area contributed by atoms with Crippen molar-refractivity contribution >= 4 is 33.5 Å². The molecule has 98 valence electrons. The van der Waals surface area contributed by atoms with Crippen LogP contribution in [0.1, 0.15) is 16.2 Å². The first-order chi connectivity index (χ1) is 9.06. The molecule has 0 fully saturated rings. The monoisotopic (exact) mass is 325 g/mol. The van der Waals surface area contributed by atoms with Gasteiger partial charge in [-0.2, -0.15) is 5.21 Å². The normalized spacial score (nSPS) is 10.2. The molecule has 2 aromatic rings. The Morgan fingerprint density at radius 2 is 2.21 bits per heavy atom. The lowest BCUT2D eigenvalue weighted by atomic mass is 10.1. The molecule has 9 heteroatoms. The van der Waals surface area contributed by atoms with Gasteiger partial charge in [-0.3, -0.25) is 4.79 Å². The molecule has 8 nitrogen and oxygen atoms in total. The quantitative estimate of drug-likeness (QED) is 0.766. The third-order valence-electron chi connectivity index (χ3n) is 2.19. The third-order valence-corrected chi connectivity index (χ3v) is 2.69. The fourth-order valence-corrected chi connectivity index (χ4v) is 1.76. The van der Waals surface area contributed by atoms with E-state index in [0.29, 0.717) is 4.47 Å². The van der Waals surface area contributed by atoms with E-state index in [1.807, 2.05) is 0 Å². The lowest BCUT2D eigenvalue weighted by molar-refractivity contribution is -0.115. The third kappa shape index (κ3) is 3.35. The lowest BCUT2D eigenvalue weighted by Crippen LogP contribution is -2.17. The van der Waals surface area contributed by atoms with Crippen LogP contribution in [0.2, 0.25) is 0 Å². The van der Waals surface area contributed by atoms with Crippen LogP contribution >= 0.6 is 15.9 Å². The molecule has 1 aromatic carbocycles. The number of aromatic nitrogens is 4. The van der Waals surface area contributed by atoms with E-state index in [9.17, 15) is 9.59 Å². The minimum atomic E-state index is -1.13. The van der Waals surface area contributed by atoms with Crippen LogP contribution in [0.15, 0.2) is 22.7 Å². The molecule has 0 unspecified atom stereocenters. The summed E-state index contributed by atoms with van der Waals surface area (Å²) in [6, 6.07) is 4.55. The number of carbonyl (C=O) groups is 2. The topological polar surface area (TPSA) is 121 Å². The van der Waals surface area contributed by atoms with Gasteiger partial charge >= 0.3 is 5.97 Å². The molecule has 1 amide bonds. The van der Waals surface area contributed by atoms with E-state index in [-0.39, 0.29) is 23.5 Å². The molecule has 2 rings (SSSR count). The number of carboxylic acids is 1. The van der Waals surface area contributed by atoms with Gasteiger partial charge in [0.05, 0.1) is 17.7 Å². The molecule has 0 aliphatic carbocycles. The molecule has 0 radical (unpaired) electrons. The molecule has 0 atom stereocenters. The second kappa shape index (κ2) is 5.57. The number of hydrogen-bond acceptors (Lipinski definition) is 5. The molecule has 19 heavy (non-hydrogen) atoms. The summed E-state index contributed by atoms with van der Waals surface area (Å²) >= 11 is 3.17. The van der Waals surface area contributed by atoms with Crippen LogP contribution in [0.4, 0.5) is 5.69 Å². The van der Waals surface area contributed by atoms with Crippen molar-refractivity contribution in [2.45, 2.75) is 6.42 Å². The molecule has 0 aliphatic rings. The maximum Gasteiger partial charge on any atom is 0.337 e. The highest BCUT2D eigenvalue weighted by molar-refractivity contribution is 9.10. The van der Waals surface area contributed by atoms with Crippen LogP contribution < -0.4 is 5.32 Å². The standard InChI is InChI=1S/C10H8BrN5O3/c11-5-1-2-7(6(3-5)10(18)19)12-9(17)4-8-13-15-16-14-8/h1-3H,4H2,(H,12,17)(H,18,19)(H,13,14,15,16). The zero-order chi connectivity index (χ0) is 13.8. The predicted octanol–water partition coefficient (Wildman–Crippen LogP) is 0.842. The second-order valence-electron chi connectivity index (χ2n) is 3.55. The number of aromatic carboxylic acids is 1. The van der Waals surface area contributed by atoms with Crippen molar-refractivity contribution in [3.63, 3.8) is 0 Å². The first-order valence-corrected chi connectivity index (χ1v) is 5.90. The van der Waals surface area contributed by atoms with Crippen molar-refractivity contribution < 1.29 is 14.7 Å². The van der Waals surface area contributed by atoms with E-state index in [1.54, 1.807) is 6.07 Å². The van der Waals surface area contributed by atoms with Gasteiger partial charge in [-0.1, -0.05) is 21.1 Å². The molecule has 0 saturated heterocycles. The summed E-state index contributed by atoms with van der Waals surface area (Å²) in [7, 11) is 0. The zero-order valence-electron chi connectivity index (χ0n) is 9.42. The molecule has 0 bridgehead atoms. The van der Waals surface area contributed by atoms with E-state index in [2.05, 4.69) is 41.9 Å². The Labute approximate surface area is 115 Å². The van der Waals surface area contributed by atoms with Crippen LogP contribution in [0, 0.1) is 0 Å².